The molecule has 3 aromatic heterocycles. The number of β-amino-alcohol motifs (C(OH)–C–C–N with tert-alkyl or cyclic N) is 1. The van der Waals surface area contributed by atoms with Crippen molar-refractivity contribution in [2.24, 2.45) is 0 Å². The lowest BCUT2D eigenvalue weighted by Crippen LogP contribution is -2.30. The zero-order valence-corrected chi connectivity index (χ0v) is 16.5. The van der Waals surface area contributed by atoms with Crippen molar-refractivity contribution < 1.29 is 9.90 Å². The van der Waals surface area contributed by atoms with E-state index in [-0.39, 0.29) is 11.9 Å². The van der Waals surface area contributed by atoms with Gasteiger partial charge < -0.3 is 20.6 Å². The third-order valence-corrected chi connectivity index (χ3v) is 5.90. The van der Waals surface area contributed by atoms with E-state index in [0.29, 0.717) is 36.7 Å². The Hall–Kier alpha value is -2.78. The minimum atomic E-state index is -0.473. The molecule has 146 valence electrons. The van der Waals surface area contributed by atoms with Gasteiger partial charge in [0.2, 0.25) is 5.95 Å². The molecule has 1 fully saturated rings. The number of aromatic nitrogens is 3. The van der Waals surface area contributed by atoms with E-state index >= 15 is 0 Å². The summed E-state index contributed by atoms with van der Waals surface area (Å²) in [5.74, 6) is 0.205. The number of hydrogen-bond acceptors (Lipinski definition) is 8. The fraction of sp³-hybridized carbons (Fsp3) is 0.368. The average molecular weight is 398 g/mol. The topological polar surface area (TPSA) is 103 Å². The number of anilines is 2. The summed E-state index contributed by atoms with van der Waals surface area (Å²) in [6.45, 7) is 2.84. The predicted molar refractivity (Wildman–Crippen MR) is 110 cm³/mol. The van der Waals surface area contributed by atoms with Gasteiger partial charge in [-0.1, -0.05) is 6.07 Å². The zero-order chi connectivity index (χ0) is 19.7. The Morgan fingerprint density at radius 3 is 2.93 bits per heavy atom. The Balaban J connectivity index is 1.70. The summed E-state index contributed by atoms with van der Waals surface area (Å²) in [5.41, 5.74) is 1.94. The minimum absolute atomic E-state index is 0.113. The lowest BCUT2D eigenvalue weighted by Gasteiger charge is -2.17. The number of fused-ring (bicyclic) bond motifs is 1. The summed E-state index contributed by atoms with van der Waals surface area (Å²) >= 11 is 1.45. The van der Waals surface area contributed by atoms with E-state index < -0.39 is 6.10 Å². The Morgan fingerprint density at radius 1 is 1.39 bits per heavy atom. The molecule has 0 radical (unpaired) electrons. The molecule has 8 nitrogen and oxygen atoms in total. The number of aliphatic hydroxyl groups is 1. The van der Waals surface area contributed by atoms with Gasteiger partial charge in [-0.05, 0) is 31.5 Å². The Morgan fingerprint density at radius 2 is 2.25 bits per heavy atom. The molecule has 4 rings (SSSR count). The highest BCUT2D eigenvalue weighted by Gasteiger charge is 2.29. The first-order chi connectivity index (χ1) is 13.5. The van der Waals surface area contributed by atoms with Gasteiger partial charge in [-0.15, -0.1) is 11.3 Å². The van der Waals surface area contributed by atoms with Gasteiger partial charge in [0.05, 0.1) is 33.1 Å². The smallest absolute Gasteiger partial charge is 0.274 e. The van der Waals surface area contributed by atoms with Crippen LogP contribution in [0, 0.1) is 0 Å². The maximum Gasteiger partial charge on any atom is 0.274 e. The van der Waals surface area contributed by atoms with E-state index in [1.807, 2.05) is 38.2 Å². The van der Waals surface area contributed by atoms with Crippen LogP contribution < -0.4 is 10.6 Å². The number of likely N-dealkylation sites (tertiary alicyclic amines) is 1. The van der Waals surface area contributed by atoms with Crippen molar-refractivity contribution in [1.82, 2.24) is 19.9 Å². The summed E-state index contributed by atoms with van der Waals surface area (Å²) in [5, 5.41) is 17.1. The van der Waals surface area contributed by atoms with Gasteiger partial charge in [-0.3, -0.25) is 9.78 Å². The third-order valence-electron chi connectivity index (χ3n) is 4.75. The first-order valence-electron chi connectivity index (χ1n) is 9.19. The van der Waals surface area contributed by atoms with Crippen LogP contribution in [0.15, 0.2) is 30.5 Å². The number of nitrogens with zero attached hydrogens (tertiary/aromatic N) is 4. The molecule has 0 saturated carbocycles. The number of carbonyl (C=O) groups is 1. The molecular formula is C19H22N6O2S. The number of nitrogens with one attached hydrogen (secondary N) is 2. The summed E-state index contributed by atoms with van der Waals surface area (Å²) in [6.07, 6.45) is 1.86. The molecule has 0 unspecified atom stereocenters. The Labute approximate surface area is 166 Å². The number of amides is 1. The molecule has 0 aliphatic carbocycles. The molecule has 1 saturated heterocycles. The molecule has 1 aliphatic heterocycles. The van der Waals surface area contributed by atoms with Crippen LogP contribution >= 0.6 is 11.3 Å². The molecule has 0 aromatic carbocycles. The molecule has 1 amide bonds. The highest BCUT2D eigenvalue weighted by Crippen LogP contribution is 2.32. The van der Waals surface area contributed by atoms with Gasteiger partial charge in [-0.25, -0.2) is 9.97 Å². The molecule has 4 heterocycles. The van der Waals surface area contributed by atoms with Crippen LogP contribution in [0.2, 0.25) is 0 Å². The van der Waals surface area contributed by atoms with Crippen molar-refractivity contribution in [2.45, 2.75) is 25.5 Å². The largest absolute Gasteiger partial charge is 0.391 e. The standard InChI is InChI=1S/C19H22N6O2S/c1-11(13-5-3-4-7-21-13)22-19-23-14-9-15(20-2)28-17(14)16(24-19)18(27)25-8-6-12(26)10-25/h3-5,7,9,11-12,20,26H,6,8,10H2,1-2H3,(H,22,23,24)/t11-,12+/m0/s1. The van der Waals surface area contributed by atoms with E-state index in [0.717, 1.165) is 15.4 Å². The first-order valence-corrected chi connectivity index (χ1v) is 10.0. The second-order valence-corrected chi connectivity index (χ2v) is 7.84. The van der Waals surface area contributed by atoms with Gasteiger partial charge in [0.1, 0.15) is 0 Å². The van der Waals surface area contributed by atoms with Gasteiger partial charge in [0, 0.05) is 26.3 Å². The zero-order valence-electron chi connectivity index (χ0n) is 15.7. The second-order valence-electron chi connectivity index (χ2n) is 6.79. The molecule has 0 bridgehead atoms. The molecule has 9 heteroatoms. The van der Waals surface area contributed by atoms with E-state index in [2.05, 4.69) is 25.6 Å². The Bertz CT molecular complexity index is 993. The van der Waals surface area contributed by atoms with Crippen molar-refractivity contribution in [2.75, 3.05) is 30.8 Å². The van der Waals surface area contributed by atoms with Crippen LogP contribution in [0.25, 0.3) is 10.2 Å². The molecule has 3 aromatic rings. The SMILES string of the molecule is CNc1cc2nc(N[C@@H](C)c3ccccn3)nc(C(=O)N3CC[C@@H](O)C3)c2s1. The van der Waals surface area contributed by atoms with Crippen LogP contribution in [0.4, 0.5) is 10.9 Å². The lowest BCUT2D eigenvalue weighted by atomic mass is 10.2. The van der Waals surface area contributed by atoms with E-state index in [1.165, 1.54) is 11.3 Å². The third kappa shape index (κ3) is 3.63. The van der Waals surface area contributed by atoms with Crippen LogP contribution in [-0.2, 0) is 0 Å². The van der Waals surface area contributed by atoms with Crippen molar-refractivity contribution in [1.29, 1.82) is 0 Å². The fourth-order valence-corrected chi connectivity index (χ4v) is 4.17. The molecular weight excluding hydrogens is 376 g/mol. The van der Waals surface area contributed by atoms with Crippen LogP contribution in [0.3, 0.4) is 0 Å². The van der Waals surface area contributed by atoms with Crippen LogP contribution in [0.1, 0.15) is 35.6 Å². The number of hydrogen-bond donors (Lipinski definition) is 3. The first kappa shape index (κ1) is 18.6. The van der Waals surface area contributed by atoms with E-state index in [4.69, 9.17) is 0 Å². The van der Waals surface area contributed by atoms with Gasteiger partial charge in [0.25, 0.3) is 5.91 Å². The second kappa shape index (κ2) is 7.69. The normalized spacial score (nSPS) is 17.7. The number of carbonyl (C=O) groups excluding carboxylic acids is 1. The average Bonchev–Trinajstić information content (AvgIpc) is 3.33. The number of rotatable bonds is 5. The van der Waals surface area contributed by atoms with Crippen molar-refractivity contribution in [3.63, 3.8) is 0 Å². The maximum atomic E-state index is 13.1. The minimum Gasteiger partial charge on any atom is -0.391 e. The van der Waals surface area contributed by atoms with Crippen LogP contribution in [-0.4, -0.2) is 57.1 Å². The summed E-state index contributed by atoms with van der Waals surface area (Å²) in [7, 11) is 1.83. The molecule has 28 heavy (non-hydrogen) atoms. The molecule has 2 atom stereocenters. The molecule has 1 aliphatic rings. The highest BCUT2D eigenvalue weighted by molar-refractivity contribution is 7.23. The lowest BCUT2D eigenvalue weighted by molar-refractivity contribution is 0.0761. The predicted octanol–water partition coefficient (Wildman–Crippen LogP) is 2.51. The van der Waals surface area contributed by atoms with Gasteiger partial charge in [0.15, 0.2) is 5.69 Å². The van der Waals surface area contributed by atoms with E-state index in [1.54, 1.807) is 11.1 Å². The van der Waals surface area contributed by atoms with Crippen LogP contribution in [0.5, 0.6) is 0 Å². The monoisotopic (exact) mass is 398 g/mol. The molecule has 0 spiro atoms. The highest BCUT2D eigenvalue weighted by atomic mass is 32.1. The van der Waals surface area contributed by atoms with Crippen molar-refractivity contribution in [3.8, 4) is 0 Å². The quantitative estimate of drug-likeness (QED) is 0.607. The van der Waals surface area contributed by atoms with Gasteiger partial charge >= 0.3 is 0 Å². The maximum absolute atomic E-state index is 13.1. The van der Waals surface area contributed by atoms with Crippen molar-refractivity contribution in [3.05, 3.63) is 41.9 Å². The Kier molecular flexibility index (Phi) is 5.10. The number of aliphatic hydroxyl groups excluding tert-OH is 1. The summed E-state index contributed by atoms with van der Waals surface area (Å²) in [4.78, 5) is 28.2. The van der Waals surface area contributed by atoms with Gasteiger partial charge in [-0.2, -0.15) is 0 Å². The fourth-order valence-electron chi connectivity index (χ4n) is 3.24. The summed E-state index contributed by atoms with van der Waals surface area (Å²) < 4.78 is 0.742. The van der Waals surface area contributed by atoms with E-state index in [9.17, 15) is 9.90 Å². The molecule has 3 N–H and O–H groups in total. The number of pyridine rings is 1. The number of thiophene rings is 1. The summed E-state index contributed by atoms with van der Waals surface area (Å²) in [6, 6.07) is 7.52. The van der Waals surface area contributed by atoms with Crippen molar-refractivity contribution >= 4 is 38.4 Å².